The summed E-state index contributed by atoms with van der Waals surface area (Å²) in [5.41, 5.74) is 0.979. The fraction of sp³-hybridized carbons (Fsp3) is 0.444. The number of aromatic nitrogens is 4. The highest BCUT2D eigenvalue weighted by atomic mass is 35.5. The molecule has 0 saturated carbocycles. The van der Waals surface area contributed by atoms with Crippen molar-refractivity contribution < 1.29 is 9.84 Å². The van der Waals surface area contributed by atoms with Gasteiger partial charge in [0.25, 0.3) is 0 Å². The first-order valence-corrected chi connectivity index (χ1v) is 6.00. The number of methoxy groups -OCH3 is 1. The summed E-state index contributed by atoms with van der Waals surface area (Å²) < 4.78 is 14.4. The average molecular weight is 275 g/mol. The van der Waals surface area contributed by atoms with Gasteiger partial charge >= 0.3 is 0 Å². The van der Waals surface area contributed by atoms with E-state index in [1.807, 2.05) is 0 Å². The van der Waals surface area contributed by atoms with Gasteiger partial charge in [0, 0.05) is 7.11 Å². The van der Waals surface area contributed by atoms with Crippen LogP contribution in [0, 0.1) is 0 Å². The van der Waals surface area contributed by atoms with Crippen molar-refractivity contribution >= 4 is 23.3 Å². The third-order valence-electron chi connectivity index (χ3n) is 2.26. The molecule has 1 N–H and O–H groups in total. The fourth-order valence-electron chi connectivity index (χ4n) is 1.43. The van der Waals surface area contributed by atoms with Crippen LogP contribution >= 0.6 is 23.3 Å². The van der Waals surface area contributed by atoms with Gasteiger partial charge in [-0.15, -0.1) is 0 Å². The lowest BCUT2D eigenvalue weighted by Gasteiger charge is -2.11. The van der Waals surface area contributed by atoms with E-state index in [1.54, 1.807) is 11.8 Å². The van der Waals surface area contributed by atoms with Crippen LogP contribution in [0.15, 0.2) is 12.4 Å². The molecule has 0 aliphatic heterocycles. The van der Waals surface area contributed by atoms with E-state index in [2.05, 4.69) is 13.8 Å². The van der Waals surface area contributed by atoms with Crippen LogP contribution in [0.5, 0.6) is 0 Å². The molecule has 0 aliphatic carbocycles. The van der Waals surface area contributed by atoms with Crippen molar-refractivity contribution in [2.75, 3.05) is 13.7 Å². The summed E-state index contributed by atoms with van der Waals surface area (Å²) in [7, 11) is 1.60. The molecule has 8 heteroatoms. The Morgan fingerprint density at radius 3 is 3.06 bits per heavy atom. The maximum atomic E-state index is 10.1. The summed E-state index contributed by atoms with van der Waals surface area (Å²) in [4.78, 5) is 0. The Labute approximate surface area is 107 Å². The van der Waals surface area contributed by atoms with Gasteiger partial charge in [0.15, 0.2) is 0 Å². The minimum Gasteiger partial charge on any atom is -0.383 e. The molecule has 2 rings (SSSR count). The summed E-state index contributed by atoms with van der Waals surface area (Å²) in [6, 6.07) is 0. The molecule has 1 atom stereocenters. The normalized spacial score (nSPS) is 12.9. The molecule has 0 saturated heterocycles. The number of hydrogen-bond donors (Lipinski definition) is 1. The first-order chi connectivity index (χ1) is 8.24. The Balaban J connectivity index is 2.27. The summed E-state index contributed by atoms with van der Waals surface area (Å²) in [6.45, 7) is 1.01. The lowest BCUT2D eigenvalue weighted by molar-refractivity contribution is 0.170. The monoisotopic (exact) mass is 274 g/mol. The Hall–Kier alpha value is -1.02. The first kappa shape index (κ1) is 12.4. The molecule has 2 aromatic heterocycles. The minimum atomic E-state index is -0.916. The molecule has 0 bridgehead atoms. The highest BCUT2D eigenvalue weighted by molar-refractivity contribution is 6.99. The van der Waals surface area contributed by atoms with Gasteiger partial charge in [-0.1, -0.05) is 11.6 Å². The zero-order chi connectivity index (χ0) is 12.3. The van der Waals surface area contributed by atoms with Crippen LogP contribution in [-0.4, -0.2) is 37.4 Å². The van der Waals surface area contributed by atoms with Crippen molar-refractivity contribution in [3.05, 3.63) is 28.8 Å². The van der Waals surface area contributed by atoms with Crippen molar-refractivity contribution in [3.63, 3.8) is 0 Å². The Bertz CT molecular complexity index is 473. The highest BCUT2D eigenvalue weighted by Crippen LogP contribution is 2.27. The summed E-state index contributed by atoms with van der Waals surface area (Å²) >= 11 is 7.04. The molecule has 0 spiro atoms. The standard InChI is InChI=1S/C9H11ClN4O2S/c1-16-3-2-14-8(6(10)4-11-14)9(15)7-5-12-17-13-7/h4-5,9,15H,2-3H2,1H3. The van der Waals surface area contributed by atoms with Crippen LogP contribution in [0.1, 0.15) is 17.5 Å². The van der Waals surface area contributed by atoms with E-state index in [9.17, 15) is 5.11 Å². The lowest BCUT2D eigenvalue weighted by Crippen LogP contribution is -2.13. The second-order valence-corrected chi connectivity index (χ2v) is 4.29. The van der Waals surface area contributed by atoms with E-state index in [0.29, 0.717) is 29.6 Å². The zero-order valence-corrected chi connectivity index (χ0v) is 10.6. The van der Waals surface area contributed by atoms with E-state index in [4.69, 9.17) is 16.3 Å². The largest absolute Gasteiger partial charge is 0.383 e. The van der Waals surface area contributed by atoms with E-state index in [-0.39, 0.29) is 0 Å². The van der Waals surface area contributed by atoms with Crippen LogP contribution in [0.25, 0.3) is 0 Å². The third-order valence-corrected chi connectivity index (χ3v) is 3.04. The van der Waals surface area contributed by atoms with Crippen molar-refractivity contribution in [2.24, 2.45) is 0 Å². The molecular weight excluding hydrogens is 264 g/mol. The molecule has 1 unspecified atom stereocenters. The SMILES string of the molecule is COCCn1ncc(Cl)c1C(O)c1cnsn1. The first-order valence-electron chi connectivity index (χ1n) is 4.89. The van der Waals surface area contributed by atoms with Gasteiger partial charge in [-0.3, -0.25) is 4.68 Å². The molecule has 92 valence electrons. The van der Waals surface area contributed by atoms with Crippen LogP contribution in [0.2, 0.25) is 5.02 Å². The second-order valence-electron chi connectivity index (χ2n) is 3.33. The van der Waals surface area contributed by atoms with Crippen LogP contribution < -0.4 is 0 Å². The fourth-order valence-corrected chi connectivity index (χ4v) is 2.12. The van der Waals surface area contributed by atoms with Gasteiger partial charge in [-0.25, -0.2) is 0 Å². The number of rotatable bonds is 5. The number of halogens is 1. The number of ether oxygens (including phenoxy) is 1. The highest BCUT2D eigenvalue weighted by Gasteiger charge is 2.21. The van der Waals surface area contributed by atoms with Gasteiger partial charge in [0.1, 0.15) is 11.8 Å². The van der Waals surface area contributed by atoms with Gasteiger partial charge in [0.05, 0.1) is 48.0 Å². The molecular formula is C9H11ClN4O2S. The average Bonchev–Trinajstić information content (AvgIpc) is 2.95. The van der Waals surface area contributed by atoms with Gasteiger partial charge in [-0.05, 0) is 0 Å². The number of hydrogen-bond acceptors (Lipinski definition) is 6. The van der Waals surface area contributed by atoms with Gasteiger partial charge in [0.2, 0.25) is 0 Å². The molecule has 0 aromatic carbocycles. The minimum absolute atomic E-state index is 0.404. The van der Waals surface area contributed by atoms with Crippen LogP contribution in [0.3, 0.4) is 0 Å². The van der Waals surface area contributed by atoms with Crippen molar-refractivity contribution in [1.29, 1.82) is 0 Å². The van der Waals surface area contributed by atoms with Gasteiger partial charge < -0.3 is 9.84 Å². The Morgan fingerprint density at radius 1 is 1.59 bits per heavy atom. The van der Waals surface area contributed by atoms with Crippen molar-refractivity contribution in [3.8, 4) is 0 Å². The molecule has 2 aromatic rings. The molecule has 6 nitrogen and oxygen atoms in total. The van der Waals surface area contributed by atoms with Crippen LogP contribution in [-0.2, 0) is 11.3 Å². The van der Waals surface area contributed by atoms with Crippen molar-refractivity contribution in [2.45, 2.75) is 12.6 Å². The molecule has 0 fully saturated rings. The van der Waals surface area contributed by atoms with E-state index in [1.165, 1.54) is 12.4 Å². The second kappa shape index (κ2) is 5.54. The van der Waals surface area contributed by atoms with E-state index in [0.717, 1.165) is 11.7 Å². The molecule has 0 radical (unpaired) electrons. The molecule has 17 heavy (non-hydrogen) atoms. The zero-order valence-electron chi connectivity index (χ0n) is 9.08. The van der Waals surface area contributed by atoms with Crippen molar-refractivity contribution in [1.82, 2.24) is 18.5 Å². The molecule has 0 aliphatic rings. The van der Waals surface area contributed by atoms with E-state index >= 15 is 0 Å². The summed E-state index contributed by atoms with van der Waals surface area (Å²) in [5, 5.41) is 14.6. The molecule has 2 heterocycles. The number of aliphatic hydroxyl groups is 1. The lowest BCUT2D eigenvalue weighted by atomic mass is 10.2. The van der Waals surface area contributed by atoms with Crippen LogP contribution in [0.4, 0.5) is 0 Å². The van der Waals surface area contributed by atoms with Gasteiger partial charge in [-0.2, -0.15) is 13.8 Å². The Kier molecular flexibility index (Phi) is 4.06. The Morgan fingerprint density at radius 2 is 2.41 bits per heavy atom. The maximum Gasteiger partial charge on any atom is 0.142 e. The van der Waals surface area contributed by atoms with E-state index < -0.39 is 6.10 Å². The predicted octanol–water partition coefficient (Wildman–Crippen LogP) is 1.12. The number of nitrogens with zero attached hydrogens (tertiary/aromatic N) is 4. The summed E-state index contributed by atoms with van der Waals surface area (Å²) in [5.74, 6) is 0. The predicted molar refractivity (Wildman–Crippen MR) is 63.1 cm³/mol. The topological polar surface area (TPSA) is 73.1 Å². The third kappa shape index (κ3) is 2.63. The number of aliphatic hydroxyl groups excluding tert-OH is 1. The summed E-state index contributed by atoms with van der Waals surface area (Å²) in [6.07, 6.45) is 2.09. The smallest absolute Gasteiger partial charge is 0.142 e. The molecule has 0 amide bonds. The maximum absolute atomic E-state index is 10.1. The quantitative estimate of drug-likeness (QED) is 0.884.